The van der Waals surface area contributed by atoms with E-state index in [0.29, 0.717) is 0 Å². The molecule has 0 amide bonds. The van der Waals surface area contributed by atoms with E-state index in [9.17, 15) is 0 Å². The second kappa shape index (κ2) is 4.84. The fourth-order valence-corrected chi connectivity index (χ4v) is 2.76. The molecule has 0 atom stereocenters. The number of nitrogens with zero attached hydrogens (tertiary/aromatic N) is 3. The number of benzene rings is 1. The molecule has 0 aliphatic rings. The minimum atomic E-state index is 0.819. The van der Waals surface area contributed by atoms with Gasteiger partial charge in [0.1, 0.15) is 0 Å². The number of fused-ring (bicyclic) bond motifs is 1. The number of thioether (sulfide) groups is 1. The van der Waals surface area contributed by atoms with Crippen LogP contribution in [0.25, 0.3) is 10.2 Å². The van der Waals surface area contributed by atoms with Gasteiger partial charge in [0.15, 0.2) is 5.17 Å². The number of para-hydroxylation sites is 1. The summed E-state index contributed by atoms with van der Waals surface area (Å²) in [5.41, 5.74) is 1.02. The third-order valence-corrected chi connectivity index (χ3v) is 3.79. The second-order valence-corrected chi connectivity index (χ2v) is 5.24. The van der Waals surface area contributed by atoms with E-state index in [4.69, 9.17) is 0 Å². The van der Waals surface area contributed by atoms with E-state index in [-0.39, 0.29) is 0 Å². The molecule has 0 unspecified atom stereocenters. The highest BCUT2D eigenvalue weighted by Crippen LogP contribution is 2.28. The number of hydrogen-bond donors (Lipinski definition) is 0. The summed E-state index contributed by atoms with van der Waals surface area (Å²) in [6, 6.07) is 8.10. The summed E-state index contributed by atoms with van der Waals surface area (Å²) < 4.78 is 1.18. The molecular weight excluding hydrogens is 238 g/mol. The van der Waals surface area contributed by atoms with E-state index >= 15 is 0 Å². The number of amidine groups is 1. The van der Waals surface area contributed by atoms with Gasteiger partial charge in [-0.15, -0.1) is 0 Å². The van der Waals surface area contributed by atoms with Gasteiger partial charge in [0.05, 0.1) is 10.2 Å². The smallest absolute Gasteiger partial charge is 0.212 e. The largest absolute Gasteiger partial charge is 0.357 e. The van der Waals surface area contributed by atoms with Crippen molar-refractivity contribution in [3.05, 3.63) is 24.3 Å². The molecule has 0 aliphatic carbocycles. The summed E-state index contributed by atoms with van der Waals surface area (Å²) in [4.78, 5) is 11.0. The highest BCUT2D eigenvalue weighted by molar-refractivity contribution is 8.13. The molecule has 2 aromatic rings. The van der Waals surface area contributed by atoms with Crippen molar-refractivity contribution in [3.8, 4) is 0 Å². The van der Waals surface area contributed by atoms with Crippen molar-refractivity contribution >= 4 is 43.6 Å². The lowest BCUT2D eigenvalue weighted by Gasteiger charge is -2.11. The molecule has 0 N–H and O–H groups in total. The quantitative estimate of drug-likeness (QED) is 0.575. The van der Waals surface area contributed by atoms with Crippen molar-refractivity contribution in [1.29, 1.82) is 0 Å². The normalized spacial score (nSPS) is 12.1. The van der Waals surface area contributed by atoms with Crippen LogP contribution in [0.15, 0.2) is 29.3 Å². The van der Waals surface area contributed by atoms with Crippen LogP contribution in [0.5, 0.6) is 0 Å². The van der Waals surface area contributed by atoms with Gasteiger partial charge < -0.3 is 4.90 Å². The van der Waals surface area contributed by atoms with Crippen LogP contribution in [-0.2, 0) is 0 Å². The Kier molecular flexibility index (Phi) is 3.46. The predicted molar refractivity (Wildman–Crippen MR) is 73.9 cm³/mol. The minimum Gasteiger partial charge on any atom is -0.357 e. The number of aliphatic imine (C=N–C) groups is 1. The van der Waals surface area contributed by atoms with Gasteiger partial charge in [-0.05, 0) is 18.4 Å². The monoisotopic (exact) mass is 251 g/mol. The predicted octanol–water partition coefficient (Wildman–Crippen LogP) is 3.21. The Labute approximate surface area is 103 Å². The van der Waals surface area contributed by atoms with E-state index < -0.39 is 0 Å². The van der Waals surface area contributed by atoms with Crippen molar-refractivity contribution in [3.63, 3.8) is 0 Å². The van der Waals surface area contributed by atoms with E-state index in [2.05, 4.69) is 16.0 Å². The van der Waals surface area contributed by atoms with Crippen LogP contribution in [-0.4, -0.2) is 35.4 Å². The molecule has 16 heavy (non-hydrogen) atoms. The standard InChI is InChI=1S/C11H13N3S2/c1-14(2)11(15-3)13-10-12-8-6-4-5-7-9(8)16-10/h4-7H,1-3H3/b13-11-. The van der Waals surface area contributed by atoms with Crippen molar-refractivity contribution in [2.24, 2.45) is 4.99 Å². The van der Waals surface area contributed by atoms with Crippen LogP contribution in [0.2, 0.25) is 0 Å². The molecule has 1 aromatic carbocycles. The van der Waals surface area contributed by atoms with Crippen LogP contribution in [0.1, 0.15) is 0 Å². The van der Waals surface area contributed by atoms with Crippen molar-refractivity contribution in [2.75, 3.05) is 20.4 Å². The van der Waals surface area contributed by atoms with Gasteiger partial charge in [-0.25, -0.2) is 4.98 Å². The van der Waals surface area contributed by atoms with Gasteiger partial charge in [0.2, 0.25) is 5.13 Å². The Morgan fingerprint density at radius 2 is 2.12 bits per heavy atom. The minimum absolute atomic E-state index is 0.819. The van der Waals surface area contributed by atoms with E-state index in [1.54, 1.807) is 23.1 Å². The van der Waals surface area contributed by atoms with Gasteiger partial charge in [0.25, 0.3) is 0 Å². The summed E-state index contributed by atoms with van der Waals surface area (Å²) in [6.45, 7) is 0. The third kappa shape index (κ3) is 2.36. The molecule has 0 saturated carbocycles. The zero-order chi connectivity index (χ0) is 11.5. The van der Waals surface area contributed by atoms with E-state index in [1.807, 2.05) is 43.5 Å². The Morgan fingerprint density at radius 1 is 1.38 bits per heavy atom. The zero-order valence-electron chi connectivity index (χ0n) is 9.47. The Morgan fingerprint density at radius 3 is 2.75 bits per heavy atom. The average Bonchev–Trinajstić information content (AvgIpc) is 2.67. The van der Waals surface area contributed by atoms with Gasteiger partial charge >= 0.3 is 0 Å². The number of hydrogen-bond acceptors (Lipinski definition) is 4. The first-order chi connectivity index (χ1) is 7.70. The molecule has 1 aromatic heterocycles. The summed E-state index contributed by atoms with van der Waals surface area (Å²) in [7, 11) is 3.98. The molecule has 2 rings (SSSR count). The molecule has 0 saturated heterocycles. The molecule has 84 valence electrons. The molecule has 0 bridgehead atoms. The highest BCUT2D eigenvalue weighted by Gasteiger charge is 2.04. The zero-order valence-corrected chi connectivity index (χ0v) is 11.1. The maximum absolute atomic E-state index is 4.53. The summed E-state index contributed by atoms with van der Waals surface area (Å²) >= 11 is 3.25. The molecule has 0 aliphatic heterocycles. The van der Waals surface area contributed by atoms with Crippen LogP contribution in [0, 0.1) is 0 Å². The van der Waals surface area contributed by atoms with Crippen molar-refractivity contribution in [1.82, 2.24) is 9.88 Å². The maximum atomic E-state index is 4.53. The molecule has 5 heteroatoms. The fraction of sp³-hybridized carbons (Fsp3) is 0.273. The number of thiazole rings is 1. The molecule has 1 heterocycles. The lowest BCUT2D eigenvalue weighted by atomic mass is 10.3. The van der Waals surface area contributed by atoms with Gasteiger partial charge in [0, 0.05) is 14.1 Å². The van der Waals surface area contributed by atoms with Crippen LogP contribution < -0.4 is 0 Å². The molecular formula is C11H13N3S2. The summed E-state index contributed by atoms with van der Waals surface area (Å²) in [6.07, 6.45) is 2.02. The average molecular weight is 251 g/mol. The Hall–Kier alpha value is -1.07. The molecule has 3 nitrogen and oxygen atoms in total. The van der Waals surface area contributed by atoms with Crippen LogP contribution in [0.4, 0.5) is 5.13 Å². The lowest BCUT2D eigenvalue weighted by Crippen LogP contribution is -2.17. The highest BCUT2D eigenvalue weighted by atomic mass is 32.2. The summed E-state index contributed by atoms with van der Waals surface area (Å²) in [5.74, 6) is 0. The summed E-state index contributed by atoms with van der Waals surface area (Å²) in [5, 5.41) is 1.79. The first-order valence-corrected chi connectivity index (χ1v) is 6.90. The van der Waals surface area contributed by atoms with Crippen LogP contribution >= 0.6 is 23.1 Å². The molecule has 0 radical (unpaired) electrons. The van der Waals surface area contributed by atoms with Crippen molar-refractivity contribution in [2.45, 2.75) is 0 Å². The molecule has 0 spiro atoms. The van der Waals surface area contributed by atoms with Gasteiger partial charge in [-0.1, -0.05) is 35.2 Å². The molecule has 0 fully saturated rings. The number of rotatable bonds is 1. The van der Waals surface area contributed by atoms with Crippen LogP contribution in [0.3, 0.4) is 0 Å². The second-order valence-electron chi connectivity index (χ2n) is 3.46. The third-order valence-electron chi connectivity index (χ3n) is 2.04. The number of aromatic nitrogens is 1. The fourth-order valence-electron chi connectivity index (χ4n) is 1.32. The van der Waals surface area contributed by atoms with E-state index in [0.717, 1.165) is 15.8 Å². The first kappa shape index (κ1) is 11.4. The lowest BCUT2D eigenvalue weighted by molar-refractivity contribution is 0.637. The van der Waals surface area contributed by atoms with Gasteiger partial charge in [-0.3, -0.25) is 0 Å². The van der Waals surface area contributed by atoms with E-state index in [1.165, 1.54) is 4.70 Å². The topological polar surface area (TPSA) is 28.5 Å². The van der Waals surface area contributed by atoms with Crippen molar-refractivity contribution < 1.29 is 0 Å². The SMILES string of the molecule is CS/C(=N\c1nc2ccccc2s1)N(C)C. The Balaban J connectivity index is 2.40. The van der Waals surface area contributed by atoms with Gasteiger partial charge in [-0.2, -0.15) is 4.99 Å². The first-order valence-electron chi connectivity index (χ1n) is 4.86. The Bertz CT molecular complexity index is 484. The maximum Gasteiger partial charge on any atom is 0.212 e.